The third kappa shape index (κ3) is 8.09. The Kier molecular flexibility index (Phi) is 10.2. The van der Waals surface area contributed by atoms with E-state index >= 15 is 0 Å². The van der Waals surface area contributed by atoms with Crippen LogP contribution < -0.4 is 15.1 Å². The zero-order valence-corrected chi connectivity index (χ0v) is 28.8. The lowest BCUT2D eigenvalue weighted by molar-refractivity contribution is 0.415. The molecule has 0 bridgehead atoms. The second kappa shape index (κ2) is 14.1. The molecule has 2 aromatic carbocycles. The molecule has 0 aliphatic heterocycles. The van der Waals surface area contributed by atoms with E-state index in [1.807, 2.05) is 31.2 Å². The molecule has 0 atom stereocenters. The van der Waals surface area contributed by atoms with Crippen LogP contribution in [-0.4, -0.2) is 39.8 Å². The van der Waals surface area contributed by atoms with E-state index in [4.69, 9.17) is 21.4 Å². The van der Waals surface area contributed by atoms with Crippen molar-refractivity contribution < 1.29 is 13.2 Å². The van der Waals surface area contributed by atoms with E-state index in [2.05, 4.69) is 59.7 Å². The second-order valence-electron chi connectivity index (χ2n) is 12.3. The maximum Gasteiger partial charge on any atom is 0.346 e. The number of rotatable bonds is 12. The van der Waals surface area contributed by atoms with E-state index in [1.165, 1.54) is 31.0 Å². The molecule has 5 aromatic rings. The Morgan fingerprint density at radius 2 is 1.62 bits per heavy atom. The Morgan fingerprint density at radius 3 is 2.23 bits per heavy atom. The number of halogens is 1. The second-order valence-corrected chi connectivity index (χ2v) is 14.3. The van der Waals surface area contributed by atoms with Gasteiger partial charge < -0.3 is 4.74 Å². The van der Waals surface area contributed by atoms with Gasteiger partial charge in [-0.3, -0.25) is 9.29 Å². The summed E-state index contributed by atoms with van der Waals surface area (Å²) >= 11 is 5.81. The molecule has 0 unspecified atom stereocenters. The SMILES string of the molecule is CCn1c(CCCc2ccc(-c3ccc(OC)c(NS(=O)(=O)c4ccc(Cl)nc4)n3)cc2)nn(Cc2ccc(C(C)(C)C)cc2)c1=O. The van der Waals surface area contributed by atoms with Crippen LogP contribution in [0.2, 0.25) is 5.15 Å². The fourth-order valence-corrected chi connectivity index (χ4v) is 6.29. The predicted molar refractivity (Wildman–Crippen MR) is 185 cm³/mol. The smallest absolute Gasteiger partial charge is 0.346 e. The van der Waals surface area contributed by atoms with Crippen LogP contribution in [0, 0.1) is 0 Å². The Hall–Kier alpha value is -4.48. The topological polar surface area (TPSA) is 121 Å². The number of pyridine rings is 2. The maximum absolute atomic E-state index is 13.1. The Bertz CT molecular complexity index is 2000. The molecule has 10 nitrogen and oxygen atoms in total. The molecule has 246 valence electrons. The zero-order chi connectivity index (χ0) is 33.8. The van der Waals surface area contributed by atoms with Gasteiger partial charge in [0.2, 0.25) is 0 Å². The molecule has 1 N–H and O–H groups in total. The summed E-state index contributed by atoms with van der Waals surface area (Å²) < 4.78 is 37.0. The lowest BCUT2D eigenvalue weighted by Crippen LogP contribution is -2.25. The van der Waals surface area contributed by atoms with Crippen LogP contribution >= 0.6 is 11.6 Å². The number of sulfonamides is 1. The summed E-state index contributed by atoms with van der Waals surface area (Å²) in [5, 5.41) is 4.88. The van der Waals surface area contributed by atoms with Crippen LogP contribution in [0.4, 0.5) is 5.82 Å². The van der Waals surface area contributed by atoms with Crippen LogP contribution in [0.1, 0.15) is 56.6 Å². The standard InChI is InChI=1S/C35H39ClN6O4S/c1-6-41-32(39-42(34(41)43)23-25-12-16-27(17-13-25)35(2,3)4)9-7-8-24-10-14-26(15-11-24)29-19-20-30(46-5)33(38-29)40-47(44,45)28-18-21-31(36)37-22-28/h10-22H,6-9,23H2,1-5H3,(H,38,40). The molecule has 0 saturated heterocycles. The van der Waals surface area contributed by atoms with Crippen molar-refractivity contribution >= 4 is 27.4 Å². The van der Waals surface area contributed by atoms with Crippen molar-refractivity contribution in [1.82, 2.24) is 24.3 Å². The molecular weight excluding hydrogens is 636 g/mol. The van der Waals surface area contributed by atoms with Crippen molar-refractivity contribution in [2.45, 2.75) is 70.4 Å². The average Bonchev–Trinajstić information content (AvgIpc) is 3.34. The first-order valence-corrected chi connectivity index (χ1v) is 17.3. The number of aromatic nitrogens is 5. The minimum Gasteiger partial charge on any atom is -0.493 e. The van der Waals surface area contributed by atoms with Crippen LogP contribution in [0.5, 0.6) is 5.75 Å². The van der Waals surface area contributed by atoms with Crippen molar-refractivity contribution in [3.8, 4) is 17.0 Å². The highest BCUT2D eigenvalue weighted by Crippen LogP contribution is 2.29. The Balaban J connectivity index is 1.24. The highest BCUT2D eigenvalue weighted by Gasteiger charge is 2.19. The average molecular weight is 675 g/mol. The predicted octanol–water partition coefficient (Wildman–Crippen LogP) is 6.51. The van der Waals surface area contributed by atoms with Gasteiger partial charge in [-0.2, -0.15) is 5.10 Å². The summed E-state index contributed by atoms with van der Waals surface area (Å²) in [6.07, 6.45) is 3.48. The summed E-state index contributed by atoms with van der Waals surface area (Å²) in [4.78, 5) is 21.4. The quantitative estimate of drug-likeness (QED) is 0.150. The van der Waals surface area contributed by atoms with Crippen molar-refractivity contribution in [1.29, 1.82) is 0 Å². The van der Waals surface area contributed by atoms with E-state index in [0.717, 1.165) is 35.4 Å². The van der Waals surface area contributed by atoms with E-state index in [0.29, 0.717) is 25.2 Å². The first kappa shape index (κ1) is 33.9. The molecule has 0 fully saturated rings. The van der Waals surface area contributed by atoms with Gasteiger partial charge in [0.1, 0.15) is 15.9 Å². The normalized spacial score (nSPS) is 11.9. The van der Waals surface area contributed by atoms with E-state index in [-0.39, 0.29) is 32.7 Å². The van der Waals surface area contributed by atoms with Crippen molar-refractivity contribution in [3.05, 3.63) is 117 Å². The molecule has 12 heteroatoms. The summed E-state index contributed by atoms with van der Waals surface area (Å²) in [5.74, 6) is 1.13. The molecule has 0 radical (unpaired) electrons. The molecule has 0 saturated carbocycles. The maximum atomic E-state index is 13.1. The van der Waals surface area contributed by atoms with Gasteiger partial charge in [-0.25, -0.2) is 27.9 Å². The number of benzene rings is 2. The lowest BCUT2D eigenvalue weighted by Gasteiger charge is -2.19. The number of nitrogens with zero attached hydrogens (tertiary/aromatic N) is 5. The van der Waals surface area contributed by atoms with Gasteiger partial charge in [0.15, 0.2) is 11.6 Å². The van der Waals surface area contributed by atoms with Gasteiger partial charge in [-0.1, -0.05) is 80.9 Å². The number of aryl methyl sites for hydroxylation is 2. The van der Waals surface area contributed by atoms with Gasteiger partial charge >= 0.3 is 5.69 Å². The molecule has 0 spiro atoms. The summed E-state index contributed by atoms with van der Waals surface area (Å²) in [6, 6.07) is 22.5. The minimum absolute atomic E-state index is 0.0471. The number of ether oxygens (including phenoxy) is 1. The fraction of sp³-hybridized carbons (Fsp3) is 0.314. The van der Waals surface area contributed by atoms with Crippen molar-refractivity contribution in [2.75, 3.05) is 11.8 Å². The van der Waals surface area contributed by atoms with E-state index < -0.39 is 10.0 Å². The number of anilines is 1. The van der Waals surface area contributed by atoms with Crippen LogP contribution in [0.3, 0.4) is 0 Å². The molecule has 0 amide bonds. The van der Waals surface area contributed by atoms with Gasteiger partial charge in [0.05, 0.1) is 19.3 Å². The number of hydrogen-bond donors (Lipinski definition) is 1. The summed E-state index contributed by atoms with van der Waals surface area (Å²) in [7, 11) is -2.52. The molecule has 0 aliphatic rings. The van der Waals surface area contributed by atoms with Crippen molar-refractivity contribution in [2.24, 2.45) is 0 Å². The Labute approximate surface area is 280 Å². The molecule has 3 heterocycles. The van der Waals surface area contributed by atoms with Gasteiger partial charge in [0.25, 0.3) is 10.0 Å². The number of methoxy groups -OCH3 is 1. The molecule has 5 rings (SSSR count). The monoisotopic (exact) mass is 674 g/mol. The van der Waals surface area contributed by atoms with Gasteiger partial charge in [0, 0.05) is 24.7 Å². The molecule has 47 heavy (non-hydrogen) atoms. The van der Waals surface area contributed by atoms with E-state index in [1.54, 1.807) is 21.4 Å². The largest absolute Gasteiger partial charge is 0.493 e. The highest BCUT2D eigenvalue weighted by molar-refractivity contribution is 7.92. The Morgan fingerprint density at radius 1 is 0.915 bits per heavy atom. The summed E-state index contributed by atoms with van der Waals surface area (Å²) in [6.45, 7) is 9.51. The lowest BCUT2D eigenvalue weighted by atomic mass is 9.87. The fourth-order valence-electron chi connectivity index (χ4n) is 5.22. The number of nitrogens with one attached hydrogen (secondary N) is 1. The minimum atomic E-state index is -3.97. The first-order valence-electron chi connectivity index (χ1n) is 15.4. The van der Waals surface area contributed by atoms with Crippen molar-refractivity contribution in [3.63, 3.8) is 0 Å². The van der Waals surface area contributed by atoms with Crippen LogP contribution in [-0.2, 0) is 41.4 Å². The summed E-state index contributed by atoms with van der Waals surface area (Å²) in [5.41, 5.74) is 4.80. The van der Waals surface area contributed by atoms with Gasteiger partial charge in [-0.05, 0) is 66.1 Å². The zero-order valence-electron chi connectivity index (χ0n) is 27.2. The number of hydrogen-bond acceptors (Lipinski definition) is 7. The van der Waals surface area contributed by atoms with Crippen LogP contribution in [0.25, 0.3) is 11.3 Å². The molecule has 0 aliphatic carbocycles. The molecule has 3 aromatic heterocycles. The molecular formula is C35H39ClN6O4S. The third-order valence-corrected chi connectivity index (χ3v) is 9.45. The van der Waals surface area contributed by atoms with Crippen LogP contribution in [0.15, 0.2) is 88.7 Å². The van der Waals surface area contributed by atoms with E-state index in [9.17, 15) is 13.2 Å². The first-order chi connectivity index (χ1) is 22.4. The third-order valence-electron chi connectivity index (χ3n) is 7.90. The highest BCUT2D eigenvalue weighted by atomic mass is 35.5. The van der Waals surface area contributed by atoms with Gasteiger partial charge in [-0.15, -0.1) is 0 Å².